The molecule has 0 unspecified atom stereocenters. The van der Waals surface area contributed by atoms with Gasteiger partial charge in [-0.15, -0.1) is 0 Å². The van der Waals surface area contributed by atoms with E-state index in [9.17, 15) is 9.59 Å². The van der Waals surface area contributed by atoms with E-state index in [-0.39, 0.29) is 12.2 Å². The summed E-state index contributed by atoms with van der Waals surface area (Å²) >= 11 is 9.81. The van der Waals surface area contributed by atoms with Crippen LogP contribution in [0.1, 0.15) is 31.2 Å². The van der Waals surface area contributed by atoms with Crippen molar-refractivity contribution in [2.75, 3.05) is 13.7 Å². The number of hydrogen-bond donors (Lipinski definition) is 0. The first-order valence-corrected chi connectivity index (χ1v) is 15.1. The maximum absolute atomic E-state index is 13.8. The molecule has 0 spiro atoms. The summed E-state index contributed by atoms with van der Waals surface area (Å²) < 4.78 is 20.3. The maximum Gasteiger partial charge on any atom is 0.338 e. The molecule has 0 saturated carbocycles. The van der Waals surface area contributed by atoms with Crippen LogP contribution in [0.3, 0.4) is 0 Å². The van der Waals surface area contributed by atoms with Gasteiger partial charge in [-0.2, -0.15) is 0 Å². The Morgan fingerprint density at radius 3 is 2.64 bits per heavy atom. The monoisotopic (exact) mass is 688 g/mol. The van der Waals surface area contributed by atoms with Crippen molar-refractivity contribution >= 4 is 67.0 Å². The van der Waals surface area contributed by atoms with E-state index in [1.54, 1.807) is 37.7 Å². The van der Waals surface area contributed by atoms with Crippen LogP contribution >= 0.6 is 55.0 Å². The number of methoxy groups -OCH3 is 1. The average molecular weight is 690 g/mol. The van der Waals surface area contributed by atoms with Crippen molar-refractivity contribution in [1.82, 2.24) is 4.57 Å². The van der Waals surface area contributed by atoms with Gasteiger partial charge >= 0.3 is 5.97 Å². The Kier molecular flexibility index (Phi) is 8.32. The van der Waals surface area contributed by atoms with Gasteiger partial charge < -0.3 is 13.9 Å². The number of thiazole rings is 1. The van der Waals surface area contributed by atoms with E-state index in [0.717, 1.165) is 14.9 Å². The second kappa shape index (κ2) is 11.7. The first kappa shape index (κ1) is 27.7. The fourth-order valence-electron chi connectivity index (χ4n) is 4.19. The zero-order valence-electron chi connectivity index (χ0n) is 21.1. The number of benzene rings is 2. The highest BCUT2D eigenvalue weighted by molar-refractivity contribution is 9.10. The first-order chi connectivity index (χ1) is 18.8. The Balaban J connectivity index is 1.62. The Bertz CT molecular complexity index is 1770. The largest absolute Gasteiger partial charge is 0.496 e. The fraction of sp³-hybridized carbons (Fsp3) is 0.179. The molecule has 0 aliphatic carbocycles. The van der Waals surface area contributed by atoms with Gasteiger partial charge in [0.1, 0.15) is 11.5 Å². The van der Waals surface area contributed by atoms with Crippen molar-refractivity contribution in [1.29, 1.82) is 0 Å². The number of carbonyl (C=O) groups excluding carboxylic acids is 1. The SMILES string of the molecule is CCOC(=O)C1=C(C)N=c2s/c(=C/c3cc(Br)c(Sc4ccccc4)o3)c(=O)n2[C@@H]1c1ccc(OC)c(Br)c1. The minimum Gasteiger partial charge on any atom is -0.496 e. The van der Waals surface area contributed by atoms with Crippen LogP contribution in [0.2, 0.25) is 0 Å². The van der Waals surface area contributed by atoms with Crippen LogP contribution in [0.15, 0.2) is 99.0 Å². The fourth-order valence-corrected chi connectivity index (χ4v) is 7.13. The molecule has 0 amide bonds. The maximum atomic E-state index is 13.8. The van der Waals surface area contributed by atoms with Crippen LogP contribution < -0.4 is 19.6 Å². The Hall–Kier alpha value is -2.86. The van der Waals surface area contributed by atoms with Crippen LogP contribution in [0.25, 0.3) is 6.08 Å². The summed E-state index contributed by atoms with van der Waals surface area (Å²) in [7, 11) is 1.58. The lowest BCUT2D eigenvalue weighted by Crippen LogP contribution is -2.39. The molecule has 0 fully saturated rings. The predicted octanol–water partition coefficient (Wildman–Crippen LogP) is 6.08. The molecule has 1 aliphatic heterocycles. The molecule has 3 heterocycles. The lowest BCUT2D eigenvalue weighted by molar-refractivity contribution is -0.139. The van der Waals surface area contributed by atoms with Gasteiger partial charge in [-0.3, -0.25) is 9.36 Å². The Morgan fingerprint density at radius 1 is 1.18 bits per heavy atom. The zero-order valence-corrected chi connectivity index (χ0v) is 25.9. The highest BCUT2D eigenvalue weighted by Crippen LogP contribution is 2.37. The normalized spacial score (nSPS) is 15.2. The van der Waals surface area contributed by atoms with Crippen molar-refractivity contribution in [3.8, 4) is 5.75 Å². The number of furan rings is 1. The van der Waals surface area contributed by atoms with E-state index in [4.69, 9.17) is 13.9 Å². The van der Waals surface area contributed by atoms with Crippen LogP contribution in [0.4, 0.5) is 0 Å². The summed E-state index contributed by atoms with van der Waals surface area (Å²) in [6, 6.07) is 16.5. The Morgan fingerprint density at radius 2 is 1.95 bits per heavy atom. The summed E-state index contributed by atoms with van der Waals surface area (Å²) in [5, 5.41) is 0.682. The number of esters is 1. The van der Waals surface area contributed by atoms with Crippen LogP contribution in [-0.2, 0) is 9.53 Å². The molecule has 7 nitrogen and oxygen atoms in total. The minimum atomic E-state index is -0.725. The number of rotatable bonds is 7. The lowest BCUT2D eigenvalue weighted by Gasteiger charge is -2.25. The van der Waals surface area contributed by atoms with Crippen LogP contribution in [0.5, 0.6) is 5.75 Å². The van der Waals surface area contributed by atoms with Gasteiger partial charge in [-0.25, -0.2) is 9.79 Å². The van der Waals surface area contributed by atoms with E-state index < -0.39 is 12.0 Å². The van der Waals surface area contributed by atoms with Crippen LogP contribution in [0, 0.1) is 0 Å². The number of nitrogens with zero attached hydrogens (tertiary/aromatic N) is 2. The van der Waals surface area contributed by atoms with Gasteiger partial charge in [0.25, 0.3) is 5.56 Å². The molecule has 4 aromatic rings. The summed E-state index contributed by atoms with van der Waals surface area (Å²) in [5.41, 5.74) is 1.25. The molecule has 2 aromatic carbocycles. The predicted molar refractivity (Wildman–Crippen MR) is 158 cm³/mol. The third-order valence-electron chi connectivity index (χ3n) is 5.91. The van der Waals surface area contributed by atoms with Crippen molar-refractivity contribution in [2.24, 2.45) is 4.99 Å². The standard InChI is InChI=1S/C28H22Br2N2O5S2/c1-4-36-26(34)23-15(2)31-28-32(24(23)16-10-11-21(35-3)19(29)12-16)25(33)22(39-28)14-17-13-20(30)27(37-17)38-18-8-6-5-7-9-18/h5-14,24H,4H2,1-3H3/b22-14+/t24-/m1/s1. The zero-order chi connectivity index (χ0) is 27.7. The molecular formula is C28H22Br2N2O5S2. The third-order valence-corrected chi connectivity index (χ3v) is 9.36. The van der Waals surface area contributed by atoms with Crippen molar-refractivity contribution in [3.05, 3.63) is 106 Å². The van der Waals surface area contributed by atoms with Gasteiger partial charge in [0.05, 0.1) is 44.5 Å². The summed E-state index contributed by atoms with van der Waals surface area (Å²) in [5.74, 6) is 0.648. The molecule has 1 atom stereocenters. The highest BCUT2D eigenvalue weighted by atomic mass is 79.9. The average Bonchev–Trinajstić information content (AvgIpc) is 3.41. The van der Waals surface area contributed by atoms with Gasteiger partial charge in [-0.05, 0) is 81.6 Å². The molecule has 0 radical (unpaired) electrons. The molecule has 0 bridgehead atoms. The molecule has 5 rings (SSSR count). The summed E-state index contributed by atoms with van der Waals surface area (Å²) in [6.45, 7) is 3.70. The van der Waals surface area contributed by atoms with Gasteiger partial charge in [0.2, 0.25) is 0 Å². The number of aromatic nitrogens is 1. The van der Waals surface area contributed by atoms with E-state index in [1.165, 1.54) is 23.1 Å². The quantitative estimate of drug-likeness (QED) is 0.219. The molecular weight excluding hydrogens is 668 g/mol. The molecule has 200 valence electrons. The van der Waals surface area contributed by atoms with Gasteiger partial charge in [0.15, 0.2) is 9.89 Å². The highest BCUT2D eigenvalue weighted by Gasteiger charge is 2.33. The molecule has 2 aromatic heterocycles. The van der Waals surface area contributed by atoms with Gasteiger partial charge in [0, 0.05) is 11.0 Å². The number of ether oxygens (including phenoxy) is 2. The van der Waals surface area contributed by atoms with Crippen molar-refractivity contribution < 1.29 is 18.7 Å². The second-order valence-electron chi connectivity index (χ2n) is 8.40. The first-order valence-electron chi connectivity index (χ1n) is 11.9. The number of halogens is 2. The van der Waals surface area contributed by atoms with Crippen molar-refractivity contribution in [3.63, 3.8) is 0 Å². The number of hydrogen-bond acceptors (Lipinski definition) is 8. The summed E-state index contributed by atoms with van der Waals surface area (Å²) in [4.78, 5) is 33.1. The van der Waals surface area contributed by atoms with E-state index in [1.807, 2.05) is 48.5 Å². The molecule has 0 saturated heterocycles. The Labute approximate surface area is 249 Å². The topological polar surface area (TPSA) is 83.0 Å². The number of allylic oxidation sites excluding steroid dienone is 1. The smallest absolute Gasteiger partial charge is 0.338 e. The molecule has 11 heteroatoms. The second-order valence-corrected chi connectivity index (χ2v) is 12.2. The lowest BCUT2D eigenvalue weighted by atomic mass is 9.96. The van der Waals surface area contributed by atoms with E-state index in [0.29, 0.717) is 41.7 Å². The molecule has 1 aliphatic rings. The summed E-state index contributed by atoms with van der Waals surface area (Å²) in [6.07, 6.45) is 1.70. The molecule has 0 N–H and O–H groups in total. The minimum absolute atomic E-state index is 0.204. The third kappa shape index (κ3) is 5.58. The van der Waals surface area contributed by atoms with Crippen molar-refractivity contribution in [2.45, 2.75) is 29.9 Å². The molecule has 39 heavy (non-hydrogen) atoms. The van der Waals surface area contributed by atoms with Crippen LogP contribution in [-0.4, -0.2) is 24.3 Å². The number of fused-ring (bicyclic) bond motifs is 1. The van der Waals surface area contributed by atoms with Gasteiger partial charge in [-0.1, -0.05) is 47.4 Å². The van der Waals surface area contributed by atoms with E-state index >= 15 is 0 Å². The number of carbonyl (C=O) groups is 1. The van der Waals surface area contributed by atoms with E-state index in [2.05, 4.69) is 36.9 Å².